The second-order valence-electron chi connectivity index (χ2n) is 6.84. The molecular formula is C23H16N6OS. The minimum absolute atomic E-state index is 0.263. The number of hydrogen-bond donors (Lipinski definition) is 2. The summed E-state index contributed by atoms with van der Waals surface area (Å²) < 4.78 is 1.31. The molecule has 2 N–H and O–H groups in total. The summed E-state index contributed by atoms with van der Waals surface area (Å²) in [7, 11) is 0. The Bertz CT molecular complexity index is 1460. The molecule has 0 fully saturated rings. The number of aromatic amines is 1. The SMILES string of the molecule is N#Cc1c(NCc2csc(-c3ccccc3)n2)[nH]n2c(=O)c(-c3ccccc3)cnc12. The molecule has 0 aliphatic heterocycles. The van der Waals surface area contributed by atoms with E-state index in [0.29, 0.717) is 17.9 Å². The lowest BCUT2D eigenvalue weighted by Crippen LogP contribution is -2.17. The number of fused-ring (bicyclic) bond motifs is 1. The van der Waals surface area contributed by atoms with Crippen molar-refractivity contribution in [2.24, 2.45) is 0 Å². The van der Waals surface area contributed by atoms with Crippen molar-refractivity contribution in [3.8, 4) is 27.8 Å². The average Bonchev–Trinajstić information content (AvgIpc) is 3.44. The predicted molar refractivity (Wildman–Crippen MR) is 121 cm³/mol. The fourth-order valence-electron chi connectivity index (χ4n) is 3.34. The van der Waals surface area contributed by atoms with Crippen molar-refractivity contribution in [2.45, 2.75) is 6.54 Å². The van der Waals surface area contributed by atoms with E-state index in [9.17, 15) is 10.1 Å². The molecule has 5 rings (SSSR count). The van der Waals surface area contributed by atoms with Crippen LogP contribution in [0.25, 0.3) is 27.3 Å². The van der Waals surface area contributed by atoms with Gasteiger partial charge in [-0.15, -0.1) is 11.3 Å². The molecule has 0 bridgehead atoms. The summed E-state index contributed by atoms with van der Waals surface area (Å²) in [6.45, 7) is 0.408. The van der Waals surface area contributed by atoms with Crippen molar-refractivity contribution in [2.75, 3.05) is 5.32 Å². The number of benzene rings is 2. The molecule has 0 amide bonds. The van der Waals surface area contributed by atoms with Crippen molar-refractivity contribution in [3.63, 3.8) is 0 Å². The number of rotatable bonds is 5. The van der Waals surface area contributed by atoms with Gasteiger partial charge in [0.1, 0.15) is 22.5 Å². The van der Waals surface area contributed by atoms with E-state index in [-0.39, 0.29) is 16.8 Å². The van der Waals surface area contributed by atoms with Crippen molar-refractivity contribution < 1.29 is 0 Å². The highest BCUT2D eigenvalue weighted by atomic mass is 32.1. The van der Waals surface area contributed by atoms with Crippen LogP contribution in [0.3, 0.4) is 0 Å². The van der Waals surface area contributed by atoms with Gasteiger partial charge in [0.15, 0.2) is 5.65 Å². The van der Waals surface area contributed by atoms with E-state index in [0.717, 1.165) is 21.8 Å². The molecule has 0 aliphatic rings. The third-order valence-corrected chi connectivity index (χ3v) is 5.81. The van der Waals surface area contributed by atoms with Crippen LogP contribution >= 0.6 is 11.3 Å². The number of anilines is 1. The Balaban J connectivity index is 1.45. The van der Waals surface area contributed by atoms with Crippen molar-refractivity contribution >= 4 is 22.8 Å². The molecule has 0 spiro atoms. The van der Waals surface area contributed by atoms with Gasteiger partial charge in [0, 0.05) is 17.1 Å². The summed E-state index contributed by atoms with van der Waals surface area (Å²) in [5, 5.41) is 18.7. The lowest BCUT2D eigenvalue weighted by Gasteiger charge is -2.01. The first-order chi connectivity index (χ1) is 15.2. The zero-order valence-corrected chi connectivity index (χ0v) is 17.1. The second kappa shape index (κ2) is 7.89. The zero-order valence-electron chi connectivity index (χ0n) is 16.2. The minimum atomic E-state index is -0.263. The molecule has 0 saturated heterocycles. The maximum absolute atomic E-state index is 13.0. The zero-order chi connectivity index (χ0) is 21.2. The fraction of sp³-hybridized carbons (Fsp3) is 0.0435. The first-order valence-corrected chi connectivity index (χ1v) is 10.5. The van der Waals surface area contributed by atoms with E-state index < -0.39 is 0 Å². The number of thiazole rings is 1. The van der Waals surface area contributed by atoms with Gasteiger partial charge < -0.3 is 5.32 Å². The Morgan fingerprint density at radius 2 is 1.77 bits per heavy atom. The van der Waals surface area contributed by atoms with Crippen molar-refractivity contribution in [3.05, 3.63) is 93.9 Å². The van der Waals surface area contributed by atoms with E-state index in [4.69, 9.17) is 0 Å². The maximum Gasteiger partial charge on any atom is 0.280 e. The summed E-state index contributed by atoms with van der Waals surface area (Å²) in [5.74, 6) is 0.437. The predicted octanol–water partition coefficient (Wildman–Crippen LogP) is 4.30. The van der Waals surface area contributed by atoms with Crippen LogP contribution in [-0.4, -0.2) is 19.6 Å². The topological polar surface area (TPSA) is 98.9 Å². The lowest BCUT2D eigenvalue weighted by molar-refractivity contribution is 0.896. The Labute approximate surface area is 181 Å². The smallest absolute Gasteiger partial charge is 0.280 e. The summed E-state index contributed by atoms with van der Waals surface area (Å²) >= 11 is 1.56. The quantitative estimate of drug-likeness (QED) is 0.438. The number of nitrogens with zero attached hydrogens (tertiary/aromatic N) is 4. The monoisotopic (exact) mass is 424 g/mol. The Morgan fingerprint density at radius 1 is 1.06 bits per heavy atom. The lowest BCUT2D eigenvalue weighted by atomic mass is 10.1. The Morgan fingerprint density at radius 3 is 2.48 bits per heavy atom. The third kappa shape index (κ3) is 3.47. The summed E-state index contributed by atoms with van der Waals surface area (Å²) in [4.78, 5) is 22.0. The number of hydrogen-bond acceptors (Lipinski definition) is 6. The molecule has 0 unspecified atom stereocenters. The van der Waals surface area contributed by atoms with Crippen LogP contribution in [0, 0.1) is 11.3 Å². The highest BCUT2D eigenvalue weighted by Crippen LogP contribution is 2.24. The van der Waals surface area contributed by atoms with Gasteiger partial charge in [0.25, 0.3) is 5.56 Å². The normalized spacial score (nSPS) is 10.8. The van der Waals surface area contributed by atoms with Crippen LogP contribution in [0.4, 0.5) is 5.82 Å². The molecular weight excluding hydrogens is 408 g/mol. The van der Waals surface area contributed by atoms with Crippen LogP contribution in [-0.2, 0) is 6.54 Å². The largest absolute Gasteiger partial charge is 0.364 e. The second-order valence-corrected chi connectivity index (χ2v) is 7.70. The van der Waals surface area contributed by atoms with E-state index in [1.165, 1.54) is 10.7 Å². The Hall–Kier alpha value is -4.22. The number of nitrogens with one attached hydrogen (secondary N) is 2. The Kier molecular flexibility index (Phi) is 4.78. The van der Waals surface area contributed by atoms with Crippen LogP contribution < -0.4 is 10.9 Å². The highest BCUT2D eigenvalue weighted by molar-refractivity contribution is 7.13. The molecule has 7 nitrogen and oxygen atoms in total. The van der Waals surface area contributed by atoms with Gasteiger partial charge in [0.2, 0.25) is 0 Å². The van der Waals surface area contributed by atoms with Gasteiger partial charge in [-0.1, -0.05) is 60.7 Å². The molecule has 0 radical (unpaired) electrons. The van der Waals surface area contributed by atoms with Crippen LogP contribution in [0.2, 0.25) is 0 Å². The molecule has 8 heteroatoms. The molecule has 3 aromatic heterocycles. The molecule has 2 aromatic carbocycles. The highest BCUT2D eigenvalue weighted by Gasteiger charge is 2.17. The molecule has 150 valence electrons. The number of aromatic nitrogens is 4. The molecule has 0 aliphatic carbocycles. The van der Waals surface area contributed by atoms with Gasteiger partial charge in [0.05, 0.1) is 17.8 Å². The van der Waals surface area contributed by atoms with Crippen LogP contribution in [0.5, 0.6) is 0 Å². The van der Waals surface area contributed by atoms with E-state index in [1.807, 2.05) is 66.0 Å². The summed E-state index contributed by atoms with van der Waals surface area (Å²) in [6, 6.07) is 21.4. The molecule has 0 saturated carbocycles. The first-order valence-electron chi connectivity index (χ1n) is 9.57. The van der Waals surface area contributed by atoms with Crippen molar-refractivity contribution in [1.82, 2.24) is 19.6 Å². The minimum Gasteiger partial charge on any atom is -0.364 e. The van der Waals surface area contributed by atoms with E-state index in [1.54, 1.807) is 11.3 Å². The fourth-order valence-corrected chi connectivity index (χ4v) is 4.17. The van der Waals surface area contributed by atoms with Crippen molar-refractivity contribution in [1.29, 1.82) is 5.26 Å². The molecule has 0 atom stereocenters. The molecule has 3 heterocycles. The van der Waals surface area contributed by atoms with Crippen LogP contribution in [0.1, 0.15) is 11.3 Å². The van der Waals surface area contributed by atoms with Gasteiger partial charge in [-0.2, -0.15) is 9.78 Å². The standard InChI is InChI=1S/C23H16N6OS/c24-11-18-20(25-12-17-14-31-22(27-17)16-9-5-2-6-10-16)28-29-21(18)26-13-19(23(29)30)15-7-3-1-4-8-15/h1-10,13-14,25,28H,12H2. The third-order valence-electron chi connectivity index (χ3n) is 4.87. The first kappa shape index (κ1) is 18.8. The van der Waals surface area contributed by atoms with Crippen LogP contribution in [0.15, 0.2) is 77.0 Å². The maximum atomic E-state index is 13.0. The van der Waals surface area contributed by atoms with Gasteiger partial charge in [-0.25, -0.2) is 9.97 Å². The average molecular weight is 424 g/mol. The van der Waals surface area contributed by atoms with E-state index >= 15 is 0 Å². The number of nitriles is 1. The molecule has 31 heavy (non-hydrogen) atoms. The van der Waals surface area contributed by atoms with Gasteiger partial charge in [-0.05, 0) is 5.56 Å². The van der Waals surface area contributed by atoms with Gasteiger partial charge in [-0.3, -0.25) is 9.89 Å². The number of H-pyrrole nitrogens is 1. The van der Waals surface area contributed by atoms with Gasteiger partial charge >= 0.3 is 0 Å². The molecule has 5 aromatic rings. The summed E-state index contributed by atoms with van der Waals surface area (Å²) in [6.07, 6.45) is 1.51. The van der Waals surface area contributed by atoms with E-state index in [2.05, 4.69) is 26.5 Å². The summed E-state index contributed by atoms with van der Waals surface area (Å²) in [5.41, 5.74) is 3.45.